The van der Waals surface area contributed by atoms with Gasteiger partial charge in [0.1, 0.15) is 0 Å². The van der Waals surface area contributed by atoms with Gasteiger partial charge in [-0.3, -0.25) is 14.9 Å². The molecule has 8 nitrogen and oxygen atoms in total. The van der Waals surface area contributed by atoms with Crippen molar-refractivity contribution >= 4 is 29.2 Å². The van der Waals surface area contributed by atoms with E-state index < -0.39 is 28.6 Å². The van der Waals surface area contributed by atoms with E-state index in [-0.39, 0.29) is 17.9 Å². The zero-order valence-corrected chi connectivity index (χ0v) is 15.4. The Morgan fingerprint density at radius 3 is 2.59 bits per heavy atom. The van der Waals surface area contributed by atoms with Crippen LogP contribution < -0.4 is 10.1 Å². The topological polar surface area (TPSA) is 108 Å². The molecule has 0 fully saturated rings. The summed E-state index contributed by atoms with van der Waals surface area (Å²) in [6.45, 7) is 1.65. The number of nitro benzene ring substituents is 1. The van der Waals surface area contributed by atoms with E-state index in [9.17, 15) is 19.7 Å². The van der Waals surface area contributed by atoms with Crippen molar-refractivity contribution in [3.8, 4) is 5.75 Å². The lowest BCUT2D eigenvalue weighted by molar-refractivity contribution is -0.386. The third-order valence-corrected chi connectivity index (χ3v) is 4.03. The van der Waals surface area contributed by atoms with Crippen molar-refractivity contribution in [2.45, 2.75) is 19.6 Å². The van der Waals surface area contributed by atoms with Crippen molar-refractivity contribution in [3.63, 3.8) is 0 Å². The summed E-state index contributed by atoms with van der Waals surface area (Å²) in [4.78, 5) is 34.3. The van der Waals surface area contributed by atoms with Gasteiger partial charge in [0.25, 0.3) is 5.91 Å². The van der Waals surface area contributed by atoms with Gasteiger partial charge >= 0.3 is 11.7 Å². The summed E-state index contributed by atoms with van der Waals surface area (Å²) in [6.07, 6.45) is -1.00. The molecule has 1 atom stereocenters. The van der Waals surface area contributed by atoms with Gasteiger partial charge in [0, 0.05) is 17.6 Å². The van der Waals surface area contributed by atoms with Crippen LogP contribution in [-0.2, 0) is 16.1 Å². The molecule has 1 amide bonds. The van der Waals surface area contributed by atoms with Crippen molar-refractivity contribution in [2.75, 3.05) is 7.11 Å². The van der Waals surface area contributed by atoms with Gasteiger partial charge in [-0.25, -0.2) is 4.79 Å². The molecule has 2 aromatic carbocycles. The summed E-state index contributed by atoms with van der Waals surface area (Å²) in [5.74, 6) is -1.32. The third kappa shape index (κ3) is 5.18. The highest BCUT2D eigenvalue weighted by Crippen LogP contribution is 2.29. The number of nitrogens with one attached hydrogen (secondary N) is 1. The Morgan fingerprint density at radius 2 is 1.96 bits per heavy atom. The normalized spacial score (nSPS) is 11.4. The van der Waals surface area contributed by atoms with Gasteiger partial charge in [0.2, 0.25) is 0 Å². The standard InChI is InChI=1S/C18H17ClN2O6/c1-11(17(22)20-10-13-5-3-4-6-14(13)19)27-16-8-7-12(18(23)26-2)9-15(16)21(24)25/h3-9,11H,10H2,1-2H3,(H,20,22)/t11-/m1/s1. The third-order valence-electron chi connectivity index (χ3n) is 3.66. The Labute approximate surface area is 160 Å². The summed E-state index contributed by atoms with van der Waals surface area (Å²) < 4.78 is 9.95. The summed E-state index contributed by atoms with van der Waals surface area (Å²) in [6, 6.07) is 10.6. The van der Waals surface area contributed by atoms with E-state index >= 15 is 0 Å². The first-order valence-corrected chi connectivity index (χ1v) is 8.25. The first-order valence-electron chi connectivity index (χ1n) is 7.88. The molecule has 0 aromatic heterocycles. The highest BCUT2D eigenvalue weighted by atomic mass is 35.5. The largest absolute Gasteiger partial charge is 0.474 e. The van der Waals surface area contributed by atoms with E-state index in [2.05, 4.69) is 10.1 Å². The van der Waals surface area contributed by atoms with E-state index in [0.29, 0.717) is 5.02 Å². The quantitative estimate of drug-likeness (QED) is 0.440. The molecule has 0 spiro atoms. The van der Waals surface area contributed by atoms with Crippen LogP contribution in [0.25, 0.3) is 0 Å². The highest BCUT2D eigenvalue weighted by Gasteiger charge is 2.23. The zero-order valence-electron chi connectivity index (χ0n) is 14.6. The predicted molar refractivity (Wildman–Crippen MR) is 97.8 cm³/mol. The average Bonchev–Trinajstić information content (AvgIpc) is 2.66. The fraction of sp³-hybridized carbons (Fsp3) is 0.222. The van der Waals surface area contributed by atoms with Crippen LogP contribution in [0.5, 0.6) is 5.75 Å². The van der Waals surface area contributed by atoms with E-state index in [1.807, 2.05) is 0 Å². The molecule has 0 saturated carbocycles. The second kappa shape index (κ2) is 9.00. The molecular weight excluding hydrogens is 376 g/mol. The molecule has 0 aliphatic rings. The fourth-order valence-corrected chi connectivity index (χ4v) is 2.42. The summed E-state index contributed by atoms with van der Waals surface area (Å²) in [5.41, 5.74) is 0.296. The number of amides is 1. The molecule has 1 N–H and O–H groups in total. The molecule has 27 heavy (non-hydrogen) atoms. The summed E-state index contributed by atoms with van der Waals surface area (Å²) >= 11 is 6.03. The second-order valence-corrected chi connectivity index (χ2v) is 5.91. The lowest BCUT2D eigenvalue weighted by atomic mass is 10.2. The Kier molecular flexibility index (Phi) is 6.73. The number of carbonyl (C=O) groups is 2. The van der Waals surface area contributed by atoms with Crippen LogP contribution in [0.15, 0.2) is 42.5 Å². The molecule has 0 heterocycles. The van der Waals surface area contributed by atoms with Crippen molar-refractivity contribution in [1.82, 2.24) is 5.32 Å². The Morgan fingerprint density at radius 1 is 1.26 bits per heavy atom. The van der Waals surface area contributed by atoms with Crippen LogP contribution in [0.2, 0.25) is 5.02 Å². The molecule has 0 saturated heterocycles. The van der Waals surface area contributed by atoms with Crippen molar-refractivity contribution in [3.05, 3.63) is 68.7 Å². The Bertz CT molecular complexity index is 871. The lowest BCUT2D eigenvalue weighted by Crippen LogP contribution is -2.36. The Hall–Kier alpha value is -3.13. The average molecular weight is 393 g/mol. The number of hydrogen-bond donors (Lipinski definition) is 1. The minimum absolute atomic E-state index is 0.00683. The van der Waals surface area contributed by atoms with Gasteiger partial charge in [-0.1, -0.05) is 29.8 Å². The van der Waals surface area contributed by atoms with Crippen LogP contribution in [0.3, 0.4) is 0 Å². The molecule has 142 valence electrons. The molecule has 0 radical (unpaired) electrons. The zero-order chi connectivity index (χ0) is 20.0. The van der Waals surface area contributed by atoms with Gasteiger partial charge in [-0.2, -0.15) is 0 Å². The van der Waals surface area contributed by atoms with Crippen LogP contribution in [0.4, 0.5) is 5.69 Å². The number of benzene rings is 2. The monoisotopic (exact) mass is 392 g/mol. The molecule has 2 rings (SSSR count). The van der Waals surface area contributed by atoms with E-state index in [1.54, 1.807) is 24.3 Å². The molecule has 2 aromatic rings. The van der Waals surface area contributed by atoms with Gasteiger partial charge in [-0.05, 0) is 30.7 Å². The van der Waals surface area contributed by atoms with Gasteiger partial charge in [0.05, 0.1) is 17.6 Å². The minimum Gasteiger partial charge on any atom is -0.474 e. The summed E-state index contributed by atoms with van der Waals surface area (Å²) in [7, 11) is 1.17. The van der Waals surface area contributed by atoms with E-state index in [1.165, 1.54) is 26.2 Å². The van der Waals surface area contributed by atoms with Gasteiger partial charge in [0.15, 0.2) is 11.9 Å². The number of carbonyl (C=O) groups excluding carboxylic acids is 2. The SMILES string of the molecule is COC(=O)c1ccc(O[C@H](C)C(=O)NCc2ccccc2Cl)c([N+](=O)[O-])c1. The number of nitro groups is 1. The maximum Gasteiger partial charge on any atom is 0.338 e. The van der Waals surface area contributed by atoms with Crippen LogP contribution in [0.1, 0.15) is 22.8 Å². The van der Waals surface area contributed by atoms with Crippen molar-refractivity contribution in [1.29, 1.82) is 0 Å². The number of ether oxygens (including phenoxy) is 2. The van der Waals surface area contributed by atoms with Crippen LogP contribution >= 0.6 is 11.6 Å². The number of nitrogens with zero attached hydrogens (tertiary/aromatic N) is 1. The maximum absolute atomic E-state index is 12.2. The first-order chi connectivity index (χ1) is 12.8. The van der Waals surface area contributed by atoms with E-state index in [4.69, 9.17) is 16.3 Å². The number of rotatable bonds is 7. The van der Waals surface area contributed by atoms with Gasteiger partial charge in [-0.15, -0.1) is 0 Å². The number of esters is 1. The van der Waals surface area contributed by atoms with Crippen LogP contribution in [-0.4, -0.2) is 30.0 Å². The van der Waals surface area contributed by atoms with Crippen molar-refractivity contribution < 1.29 is 24.0 Å². The fourth-order valence-electron chi connectivity index (χ4n) is 2.22. The van der Waals surface area contributed by atoms with E-state index in [0.717, 1.165) is 11.6 Å². The maximum atomic E-state index is 12.2. The highest BCUT2D eigenvalue weighted by molar-refractivity contribution is 6.31. The molecular formula is C18H17ClN2O6. The number of hydrogen-bond acceptors (Lipinski definition) is 6. The summed E-state index contributed by atoms with van der Waals surface area (Å²) in [5, 5.41) is 14.4. The van der Waals surface area contributed by atoms with Crippen molar-refractivity contribution in [2.24, 2.45) is 0 Å². The minimum atomic E-state index is -1.00. The smallest absolute Gasteiger partial charge is 0.338 e. The first kappa shape index (κ1) is 20.2. The molecule has 0 aliphatic carbocycles. The van der Waals surface area contributed by atoms with Crippen LogP contribution in [0, 0.1) is 10.1 Å². The lowest BCUT2D eigenvalue weighted by Gasteiger charge is -2.15. The molecule has 9 heteroatoms. The molecule has 0 unspecified atom stereocenters. The second-order valence-electron chi connectivity index (χ2n) is 5.50. The van der Waals surface area contributed by atoms with Gasteiger partial charge < -0.3 is 14.8 Å². The number of methoxy groups -OCH3 is 1. The number of halogens is 1. The predicted octanol–water partition coefficient (Wildman–Crippen LogP) is 3.12. The Balaban J connectivity index is 2.08. The molecule has 0 aliphatic heterocycles. The molecule has 0 bridgehead atoms.